The minimum atomic E-state index is -1.09. The number of hydrogen-bond donors (Lipinski definition) is 1. The minimum absolute atomic E-state index is 0.00426. The highest BCUT2D eigenvalue weighted by Crippen LogP contribution is 2.64. The molecule has 0 aliphatic carbocycles. The van der Waals surface area contributed by atoms with Crippen molar-refractivity contribution in [2.24, 2.45) is 11.8 Å². The molecule has 2 bridgehead atoms. The first-order chi connectivity index (χ1) is 19.7. The summed E-state index contributed by atoms with van der Waals surface area (Å²) in [6.45, 7) is 17.3. The number of hydrogen-bond acceptors (Lipinski definition) is 5. The first kappa shape index (κ1) is 31.0. The van der Waals surface area contributed by atoms with Crippen LogP contribution in [0.1, 0.15) is 63.5 Å². The summed E-state index contributed by atoms with van der Waals surface area (Å²) in [6.07, 6.45) is 7.03. The van der Waals surface area contributed by atoms with Crippen LogP contribution in [0.5, 0.6) is 0 Å². The van der Waals surface area contributed by atoms with Crippen LogP contribution in [0, 0.1) is 25.7 Å². The lowest BCUT2D eigenvalue weighted by Crippen LogP contribution is -2.57. The SMILES string of the molecule is C=CCN(CCC)C(=O)[C@@H]1[C@H]2C(=O)N(CCCCO)C(C(=O)N(CC=C)c3c(C)cccc3C)C23CC[C@@]1(CC)O3. The van der Waals surface area contributed by atoms with E-state index < -0.39 is 29.1 Å². The summed E-state index contributed by atoms with van der Waals surface area (Å²) in [5.41, 5.74) is 0.846. The van der Waals surface area contributed by atoms with Gasteiger partial charge in [0.15, 0.2) is 0 Å². The third-order valence-corrected chi connectivity index (χ3v) is 9.43. The van der Waals surface area contributed by atoms with E-state index in [0.717, 1.165) is 23.2 Å². The number of nitrogens with zero attached hydrogens (tertiary/aromatic N) is 3. The molecular formula is C33H47N3O5. The number of ether oxygens (including phenoxy) is 1. The van der Waals surface area contributed by atoms with E-state index in [1.165, 1.54) is 0 Å². The lowest BCUT2D eigenvalue weighted by molar-refractivity contribution is -0.151. The molecule has 3 heterocycles. The van der Waals surface area contributed by atoms with Gasteiger partial charge >= 0.3 is 0 Å². The predicted octanol–water partition coefficient (Wildman–Crippen LogP) is 4.17. The first-order valence-corrected chi connectivity index (χ1v) is 15.2. The number of carbonyl (C=O) groups is 3. The van der Waals surface area contributed by atoms with Gasteiger partial charge in [-0.3, -0.25) is 14.4 Å². The van der Waals surface area contributed by atoms with Gasteiger partial charge in [-0.2, -0.15) is 0 Å². The number of para-hydroxylation sites is 1. The van der Waals surface area contributed by atoms with E-state index in [0.29, 0.717) is 51.7 Å². The van der Waals surface area contributed by atoms with Crippen molar-refractivity contribution in [1.82, 2.24) is 9.80 Å². The second-order valence-corrected chi connectivity index (χ2v) is 11.8. The molecule has 4 rings (SSSR count). The van der Waals surface area contributed by atoms with Crippen molar-refractivity contribution in [3.8, 4) is 0 Å². The molecular weight excluding hydrogens is 518 g/mol. The molecule has 3 amide bonds. The van der Waals surface area contributed by atoms with E-state index in [9.17, 15) is 19.5 Å². The number of rotatable bonds is 14. The summed E-state index contributed by atoms with van der Waals surface area (Å²) in [7, 11) is 0. The number of fused-ring (bicyclic) bond motifs is 1. The Kier molecular flexibility index (Phi) is 9.44. The van der Waals surface area contributed by atoms with Gasteiger partial charge in [-0.05, 0) is 63.5 Å². The normalized spacial score (nSPS) is 28.1. The molecule has 0 saturated carbocycles. The fourth-order valence-electron chi connectivity index (χ4n) is 7.72. The van der Waals surface area contributed by atoms with Crippen LogP contribution in [0.2, 0.25) is 0 Å². The maximum absolute atomic E-state index is 14.8. The van der Waals surface area contributed by atoms with Gasteiger partial charge in [0, 0.05) is 38.5 Å². The molecule has 8 nitrogen and oxygen atoms in total. The Morgan fingerprint density at radius 1 is 1.10 bits per heavy atom. The summed E-state index contributed by atoms with van der Waals surface area (Å²) < 4.78 is 6.97. The highest BCUT2D eigenvalue weighted by molar-refractivity contribution is 6.05. The summed E-state index contributed by atoms with van der Waals surface area (Å²) >= 11 is 0. The number of aliphatic hydroxyl groups is 1. The van der Waals surface area contributed by atoms with Crippen LogP contribution in [0.4, 0.5) is 5.69 Å². The van der Waals surface area contributed by atoms with Gasteiger partial charge in [-0.25, -0.2) is 0 Å². The van der Waals surface area contributed by atoms with Crippen molar-refractivity contribution in [3.05, 3.63) is 54.6 Å². The summed E-state index contributed by atoms with van der Waals surface area (Å²) in [6, 6.07) is 5.05. The largest absolute Gasteiger partial charge is 0.396 e. The molecule has 3 aliphatic heterocycles. The zero-order valence-electron chi connectivity index (χ0n) is 25.2. The van der Waals surface area contributed by atoms with Crippen LogP contribution < -0.4 is 4.90 Å². The lowest BCUT2D eigenvalue weighted by Gasteiger charge is -2.37. The van der Waals surface area contributed by atoms with Gasteiger partial charge in [0.25, 0.3) is 5.91 Å². The Morgan fingerprint density at radius 3 is 2.37 bits per heavy atom. The Hall–Kier alpha value is -2.97. The molecule has 1 aromatic rings. The van der Waals surface area contributed by atoms with E-state index >= 15 is 0 Å². The number of amides is 3. The molecule has 1 spiro atoms. The monoisotopic (exact) mass is 565 g/mol. The summed E-state index contributed by atoms with van der Waals surface area (Å²) in [5, 5.41) is 9.48. The average molecular weight is 566 g/mol. The maximum atomic E-state index is 14.8. The smallest absolute Gasteiger partial charge is 0.253 e. The Balaban J connectivity index is 1.84. The number of benzene rings is 1. The van der Waals surface area contributed by atoms with Crippen LogP contribution in [-0.2, 0) is 19.1 Å². The van der Waals surface area contributed by atoms with Crippen LogP contribution in [-0.4, -0.2) is 82.7 Å². The van der Waals surface area contributed by atoms with E-state index in [1.54, 1.807) is 26.9 Å². The van der Waals surface area contributed by atoms with E-state index in [1.807, 2.05) is 45.9 Å². The van der Waals surface area contributed by atoms with Gasteiger partial charge in [0.1, 0.15) is 11.6 Å². The van der Waals surface area contributed by atoms with Crippen LogP contribution in [0.3, 0.4) is 0 Å². The molecule has 1 N–H and O–H groups in total. The maximum Gasteiger partial charge on any atom is 0.253 e. The van der Waals surface area contributed by atoms with Crippen molar-refractivity contribution in [3.63, 3.8) is 0 Å². The van der Waals surface area contributed by atoms with E-state index in [4.69, 9.17) is 4.74 Å². The Labute approximate surface area is 245 Å². The molecule has 1 aromatic carbocycles. The fraction of sp³-hybridized carbons (Fsp3) is 0.606. The van der Waals surface area contributed by atoms with Crippen molar-refractivity contribution in [2.45, 2.75) is 83.5 Å². The van der Waals surface area contributed by atoms with Crippen molar-refractivity contribution < 1.29 is 24.2 Å². The van der Waals surface area contributed by atoms with Crippen LogP contribution in [0.25, 0.3) is 0 Å². The van der Waals surface area contributed by atoms with Crippen molar-refractivity contribution in [1.29, 1.82) is 0 Å². The second-order valence-electron chi connectivity index (χ2n) is 11.8. The van der Waals surface area contributed by atoms with Gasteiger partial charge < -0.3 is 24.5 Å². The number of aryl methyl sites for hydroxylation is 2. The lowest BCUT2D eigenvalue weighted by atomic mass is 9.64. The molecule has 3 aliphatic rings. The minimum Gasteiger partial charge on any atom is -0.396 e. The second kappa shape index (κ2) is 12.5. The average Bonchev–Trinajstić information content (AvgIpc) is 3.55. The number of anilines is 1. The zero-order valence-corrected chi connectivity index (χ0v) is 25.2. The molecule has 3 fully saturated rings. The molecule has 8 heteroatoms. The van der Waals surface area contributed by atoms with Gasteiger partial charge in [-0.15, -0.1) is 13.2 Å². The molecule has 41 heavy (non-hydrogen) atoms. The first-order valence-electron chi connectivity index (χ1n) is 15.2. The van der Waals surface area contributed by atoms with Gasteiger partial charge in [0.05, 0.1) is 17.4 Å². The molecule has 2 unspecified atom stereocenters. The topological polar surface area (TPSA) is 90.4 Å². The highest BCUT2D eigenvalue weighted by atomic mass is 16.5. The van der Waals surface area contributed by atoms with Gasteiger partial charge in [-0.1, -0.05) is 44.2 Å². The van der Waals surface area contributed by atoms with Crippen LogP contribution >= 0.6 is 0 Å². The quantitative estimate of drug-likeness (QED) is 0.270. The molecule has 0 aromatic heterocycles. The standard InChI is InChI=1S/C33H47N3O5/c1-7-18-34(19-8-2)29(38)25-26-30(39)36(21-11-12-22-37)28(33(26)17-16-32(25,10-4)41-33)31(40)35(20-9-3)27-23(5)14-13-15-24(27)6/h7,9,13-15,25-26,28,37H,1,3,8,10-12,16-22H2,2,4-6H3/t25-,26-,28?,32+,33?/m0/s1. The molecule has 3 saturated heterocycles. The third kappa shape index (κ3) is 5.03. The predicted molar refractivity (Wildman–Crippen MR) is 160 cm³/mol. The van der Waals surface area contributed by atoms with E-state index in [-0.39, 0.29) is 30.9 Å². The Morgan fingerprint density at radius 2 is 1.78 bits per heavy atom. The summed E-state index contributed by atoms with van der Waals surface area (Å²) in [4.78, 5) is 48.7. The van der Waals surface area contributed by atoms with Crippen molar-refractivity contribution in [2.75, 3.05) is 37.7 Å². The molecule has 224 valence electrons. The highest BCUT2D eigenvalue weighted by Gasteiger charge is 2.79. The fourth-order valence-corrected chi connectivity index (χ4v) is 7.72. The number of unbranched alkanes of at least 4 members (excludes halogenated alkanes) is 1. The number of likely N-dealkylation sites (tertiary alicyclic amines) is 1. The third-order valence-electron chi connectivity index (χ3n) is 9.43. The summed E-state index contributed by atoms with van der Waals surface area (Å²) in [5.74, 6) is -1.89. The molecule has 0 radical (unpaired) electrons. The zero-order chi connectivity index (χ0) is 29.9. The van der Waals surface area contributed by atoms with Gasteiger partial charge in [0.2, 0.25) is 11.8 Å². The molecule has 5 atom stereocenters. The number of aliphatic hydroxyl groups excluding tert-OH is 1. The van der Waals surface area contributed by atoms with Crippen LogP contribution in [0.15, 0.2) is 43.5 Å². The Bertz CT molecular complexity index is 1160. The van der Waals surface area contributed by atoms with Crippen molar-refractivity contribution >= 4 is 23.4 Å². The van der Waals surface area contributed by atoms with E-state index in [2.05, 4.69) is 13.2 Å². The number of carbonyl (C=O) groups excluding carboxylic acids is 3.